The van der Waals surface area contributed by atoms with E-state index < -0.39 is 11.9 Å². The largest absolute Gasteiger partial charge is 0.545 e. The highest BCUT2D eigenvalue weighted by Crippen LogP contribution is 2.20. The van der Waals surface area contributed by atoms with E-state index in [1.165, 1.54) is 18.3 Å². The number of carboxylic acid groups (broad SMARTS) is 1. The number of amides is 1. The van der Waals surface area contributed by atoms with Crippen LogP contribution in [0.5, 0.6) is 5.75 Å². The van der Waals surface area contributed by atoms with Crippen molar-refractivity contribution in [1.82, 2.24) is 5.43 Å². The minimum atomic E-state index is -1.25. The Balaban J connectivity index is 1.81. The Hall–Kier alpha value is -2.86. The van der Waals surface area contributed by atoms with E-state index in [0.29, 0.717) is 16.3 Å². The van der Waals surface area contributed by atoms with Crippen LogP contribution < -0.4 is 15.3 Å². The number of nitrogens with zero attached hydrogens (tertiary/aromatic N) is 1. The van der Waals surface area contributed by atoms with Gasteiger partial charge in [-0.25, -0.2) is 5.43 Å². The summed E-state index contributed by atoms with van der Waals surface area (Å²) >= 11 is 5.91. The molecule has 0 aliphatic rings. The van der Waals surface area contributed by atoms with Crippen molar-refractivity contribution in [3.63, 3.8) is 0 Å². The van der Waals surface area contributed by atoms with Gasteiger partial charge in [-0.05, 0) is 41.8 Å². The Bertz CT molecular complexity index is 773. The zero-order valence-corrected chi connectivity index (χ0v) is 13.5. The maximum atomic E-state index is 11.6. The number of aromatic carboxylic acids is 1. The lowest BCUT2D eigenvalue weighted by atomic mass is 10.1. The summed E-state index contributed by atoms with van der Waals surface area (Å²) in [6.07, 6.45) is 1.39. The van der Waals surface area contributed by atoms with Gasteiger partial charge in [-0.3, -0.25) is 4.79 Å². The average Bonchev–Trinajstić information content (AvgIpc) is 2.56. The molecule has 0 saturated heterocycles. The van der Waals surface area contributed by atoms with Crippen LogP contribution in [0.3, 0.4) is 0 Å². The van der Waals surface area contributed by atoms with E-state index in [1.807, 2.05) is 6.92 Å². The highest BCUT2D eigenvalue weighted by molar-refractivity contribution is 6.31. The second-order valence-corrected chi connectivity index (χ2v) is 5.31. The summed E-state index contributed by atoms with van der Waals surface area (Å²) in [4.78, 5) is 22.3. The summed E-state index contributed by atoms with van der Waals surface area (Å²) in [6, 6.07) is 11.0. The minimum Gasteiger partial charge on any atom is -0.545 e. The second-order valence-electron chi connectivity index (χ2n) is 4.90. The van der Waals surface area contributed by atoms with Gasteiger partial charge in [-0.15, -0.1) is 0 Å². The maximum Gasteiger partial charge on any atom is 0.277 e. The molecule has 0 aliphatic carbocycles. The molecular formula is C17H14ClN2O4-. The Kier molecular flexibility index (Phi) is 5.92. The number of nitrogens with one attached hydrogen (secondary N) is 1. The van der Waals surface area contributed by atoms with Gasteiger partial charge < -0.3 is 14.6 Å². The van der Waals surface area contributed by atoms with Crippen LogP contribution in [0.25, 0.3) is 0 Å². The molecule has 2 aromatic carbocycles. The fourth-order valence-electron chi connectivity index (χ4n) is 1.77. The number of ether oxygens (including phenoxy) is 1. The van der Waals surface area contributed by atoms with Crippen molar-refractivity contribution in [3.8, 4) is 5.75 Å². The van der Waals surface area contributed by atoms with Crippen molar-refractivity contribution < 1.29 is 19.4 Å². The van der Waals surface area contributed by atoms with E-state index in [-0.39, 0.29) is 12.2 Å². The number of aryl methyl sites for hydroxylation is 1. The molecule has 0 aromatic heterocycles. The molecule has 1 N–H and O–H groups in total. The predicted octanol–water partition coefficient (Wildman–Crippen LogP) is 1.54. The standard InChI is InChI=1S/C17H15ClN2O4/c1-11-8-14(6-7-15(11)18)24-10-16(21)20-19-9-12-2-4-13(5-3-12)17(22)23/h2-9H,10H2,1H3,(H,20,21)(H,22,23)/p-1/b19-9-. The number of halogens is 1. The van der Waals surface area contributed by atoms with E-state index >= 15 is 0 Å². The van der Waals surface area contributed by atoms with Gasteiger partial charge in [0, 0.05) is 5.02 Å². The molecule has 0 fully saturated rings. The Labute approximate surface area is 143 Å². The molecule has 0 aliphatic heterocycles. The number of benzene rings is 2. The van der Waals surface area contributed by atoms with Crippen LogP contribution in [0, 0.1) is 6.92 Å². The van der Waals surface area contributed by atoms with Crippen molar-refractivity contribution in [1.29, 1.82) is 0 Å². The molecule has 2 rings (SSSR count). The van der Waals surface area contributed by atoms with Gasteiger partial charge in [0.1, 0.15) is 5.75 Å². The highest BCUT2D eigenvalue weighted by atomic mass is 35.5. The monoisotopic (exact) mass is 345 g/mol. The molecule has 124 valence electrons. The normalized spacial score (nSPS) is 10.6. The third-order valence-corrected chi connectivity index (χ3v) is 3.47. The number of rotatable bonds is 6. The van der Waals surface area contributed by atoms with Crippen LogP contribution in [-0.2, 0) is 4.79 Å². The molecule has 0 radical (unpaired) electrons. The van der Waals surface area contributed by atoms with Crippen molar-refractivity contribution in [2.45, 2.75) is 6.92 Å². The first-order chi connectivity index (χ1) is 11.5. The number of carboxylic acids is 1. The third kappa shape index (κ3) is 5.10. The van der Waals surface area contributed by atoms with Gasteiger partial charge in [-0.1, -0.05) is 35.9 Å². The summed E-state index contributed by atoms with van der Waals surface area (Å²) < 4.78 is 5.33. The molecule has 24 heavy (non-hydrogen) atoms. The fourth-order valence-corrected chi connectivity index (χ4v) is 1.89. The van der Waals surface area contributed by atoms with Gasteiger partial charge in [0.05, 0.1) is 12.2 Å². The van der Waals surface area contributed by atoms with E-state index in [1.54, 1.807) is 30.3 Å². The number of hydrogen-bond acceptors (Lipinski definition) is 5. The maximum absolute atomic E-state index is 11.6. The van der Waals surface area contributed by atoms with Crippen LogP contribution in [0.1, 0.15) is 21.5 Å². The number of hydrazone groups is 1. The van der Waals surface area contributed by atoms with Gasteiger partial charge in [0.2, 0.25) is 0 Å². The summed E-state index contributed by atoms with van der Waals surface area (Å²) in [5.74, 6) is -1.14. The van der Waals surface area contributed by atoms with E-state index in [4.69, 9.17) is 16.3 Å². The summed E-state index contributed by atoms with van der Waals surface area (Å²) in [5, 5.41) is 15.0. The van der Waals surface area contributed by atoms with Crippen LogP contribution in [0.15, 0.2) is 47.6 Å². The van der Waals surface area contributed by atoms with E-state index in [2.05, 4.69) is 10.5 Å². The van der Waals surface area contributed by atoms with E-state index in [0.717, 1.165) is 5.56 Å². The molecule has 7 heteroatoms. The van der Waals surface area contributed by atoms with Crippen LogP contribution in [-0.4, -0.2) is 24.7 Å². The Morgan fingerprint density at radius 2 is 1.96 bits per heavy atom. The first kappa shape index (κ1) is 17.5. The highest BCUT2D eigenvalue weighted by Gasteiger charge is 2.03. The fraction of sp³-hybridized carbons (Fsp3) is 0.118. The summed E-state index contributed by atoms with van der Waals surface area (Å²) in [5.41, 5.74) is 3.88. The molecule has 1 amide bonds. The third-order valence-electron chi connectivity index (χ3n) is 3.05. The molecule has 0 atom stereocenters. The molecule has 0 heterocycles. The quantitative estimate of drug-likeness (QED) is 0.635. The first-order valence-corrected chi connectivity index (χ1v) is 7.36. The molecule has 0 saturated carbocycles. The zero-order valence-electron chi connectivity index (χ0n) is 12.8. The van der Waals surface area contributed by atoms with Crippen molar-refractivity contribution in [3.05, 3.63) is 64.2 Å². The number of hydrogen-bond donors (Lipinski definition) is 1. The van der Waals surface area contributed by atoms with E-state index in [9.17, 15) is 14.7 Å². The van der Waals surface area contributed by atoms with Crippen molar-refractivity contribution in [2.75, 3.05) is 6.61 Å². The topological polar surface area (TPSA) is 90.8 Å². The molecule has 0 bridgehead atoms. The first-order valence-electron chi connectivity index (χ1n) is 6.98. The lowest BCUT2D eigenvalue weighted by Crippen LogP contribution is -2.24. The van der Waals surface area contributed by atoms with Crippen LogP contribution in [0.2, 0.25) is 5.02 Å². The minimum absolute atomic E-state index is 0.0721. The van der Waals surface area contributed by atoms with Crippen LogP contribution >= 0.6 is 11.6 Å². The summed E-state index contributed by atoms with van der Waals surface area (Å²) in [7, 11) is 0. The van der Waals surface area contributed by atoms with Crippen LogP contribution in [0.4, 0.5) is 0 Å². The molecule has 2 aromatic rings. The van der Waals surface area contributed by atoms with Crippen molar-refractivity contribution in [2.24, 2.45) is 5.10 Å². The lowest BCUT2D eigenvalue weighted by Gasteiger charge is -2.06. The van der Waals surface area contributed by atoms with Gasteiger partial charge >= 0.3 is 0 Å². The molecule has 0 spiro atoms. The summed E-state index contributed by atoms with van der Waals surface area (Å²) in [6.45, 7) is 1.65. The smallest absolute Gasteiger partial charge is 0.277 e. The Morgan fingerprint density at radius 1 is 1.25 bits per heavy atom. The van der Waals surface area contributed by atoms with Gasteiger partial charge in [0.25, 0.3) is 5.91 Å². The zero-order chi connectivity index (χ0) is 17.5. The predicted molar refractivity (Wildman–Crippen MR) is 88.2 cm³/mol. The molecule has 0 unspecified atom stereocenters. The number of carbonyl (C=O) groups is 2. The second kappa shape index (κ2) is 8.12. The van der Waals surface area contributed by atoms with Crippen molar-refractivity contribution >= 4 is 29.7 Å². The SMILES string of the molecule is Cc1cc(OCC(=O)N/N=C\c2ccc(C(=O)[O-])cc2)ccc1Cl. The average molecular weight is 346 g/mol. The Morgan fingerprint density at radius 3 is 2.58 bits per heavy atom. The number of carbonyl (C=O) groups excluding carboxylic acids is 2. The molecular weight excluding hydrogens is 332 g/mol. The van der Waals surface area contributed by atoms with Gasteiger partial charge in [0.15, 0.2) is 6.61 Å². The lowest BCUT2D eigenvalue weighted by molar-refractivity contribution is -0.255. The molecule has 6 nitrogen and oxygen atoms in total. The van der Waals surface area contributed by atoms with Gasteiger partial charge in [-0.2, -0.15) is 5.10 Å².